The van der Waals surface area contributed by atoms with Crippen LogP contribution >= 0.6 is 0 Å². The Morgan fingerprint density at radius 2 is 1.86 bits per heavy atom. The first-order valence-corrected chi connectivity index (χ1v) is 7.81. The van der Waals surface area contributed by atoms with Crippen LogP contribution in [0.15, 0.2) is 18.2 Å². The lowest BCUT2D eigenvalue weighted by molar-refractivity contribution is 0.268. The highest BCUT2D eigenvalue weighted by Gasteiger charge is 2.27. The Morgan fingerprint density at radius 3 is 2.33 bits per heavy atom. The molecule has 0 aliphatic carbocycles. The van der Waals surface area contributed by atoms with E-state index in [2.05, 4.69) is 64.2 Å². The quantitative estimate of drug-likeness (QED) is 0.731. The van der Waals surface area contributed by atoms with E-state index in [-0.39, 0.29) is 0 Å². The molecule has 1 rings (SSSR count). The van der Waals surface area contributed by atoms with Gasteiger partial charge in [-0.25, -0.2) is 0 Å². The van der Waals surface area contributed by atoms with Gasteiger partial charge in [0.1, 0.15) is 11.3 Å². The van der Waals surface area contributed by atoms with Gasteiger partial charge >= 0.3 is 0 Å². The number of benzene rings is 1. The SMILES string of the molecule is CCC(C#N)(CCCOc1cc(C)cc(C)c1)NC(C)C. The van der Waals surface area contributed by atoms with Gasteiger partial charge in [-0.1, -0.05) is 13.0 Å². The molecule has 116 valence electrons. The Hall–Kier alpha value is -1.53. The summed E-state index contributed by atoms with van der Waals surface area (Å²) in [6.45, 7) is 11.0. The first-order chi connectivity index (χ1) is 9.90. The average molecular weight is 288 g/mol. The second-order valence-corrected chi connectivity index (χ2v) is 6.12. The molecule has 0 aliphatic heterocycles. The van der Waals surface area contributed by atoms with E-state index in [1.54, 1.807) is 0 Å². The van der Waals surface area contributed by atoms with Crippen molar-refractivity contribution in [3.63, 3.8) is 0 Å². The minimum Gasteiger partial charge on any atom is -0.494 e. The summed E-state index contributed by atoms with van der Waals surface area (Å²) >= 11 is 0. The molecule has 0 aromatic heterocycles. The average Bonchev–Trinajstić information content (AvgIpc) is 2.41. The predicted octanol–water partition coefficient (Wildman–Crippen LogP) is 4.13. The summed E-state index contributed by atoms with van der Waals surface area (Å²) < 4.78 is 5.82. The standard InChI is InChI=1S/C18H28N2O/c1-6-18(13-19,20-14(2)3)8-7-9-21-17-11-15(4)10-16(5)12-17/h10-12,14,20H,6-9H2,1-5H3. The zero-order valence-corrected chi connectivity index (χ0v) is 14.0. The molecular formula is C18H28N2O. The van der Waals surface area contributed by atoms with Crippen molar-refractivity contribution in [2.24, 2.45) is 0 Å². The van der Waals surface area contributed by atoms with E-state index in [1.807, 2.05) is 0 Å². The minimum atomic E-state index is -0.431. The molecule has 0 aliphatic rings. The maximum atomic E-state index is 9.46. The van der Waals surface area contributed by atoms with Crippen LogP contribution in [0.5, 0.6) is 5.75 Å². The Bertz CT molecular complexity index is 470. The van der Waals surface area contributed by atoms with E-state index in [4.69, 9.17) is 4.74 Å². The first-order valence-electron chi connectivity index (χ1n) is 7.81. The van der Waals surface area contributed by atoms with Crippen LogP contribution < -0.4 is 10.1 Å². The lowest BCUT2D eigenvalue weighted by Crippen LogP contribution is -2.47. The third-order valence-corrected chi connectivity index (χ3v) is 3.59. The molecule has 0 radical (unpaired) electrons. The Labute approximate surface area is 129 Å². The molecule has 0 saturated heterocycles. The molecule has 1 atom stereocenters. The molecule has 1 aromatic carbocycles. The lowest BCUT2D eigenvalue weighted by Gasteiger charge is -2.29. The smallest absolute Gasteiger partial charge is 0.119 e. The van der Waals surface area contributed by atoms with Crippen molar-refractivity contribution < 1.29 is 4.74 Å². The molecular weight excluding hydrogens is 260 g/mol. The van der Waals surface area contributed by atoms with Crippen LogP contribution in [-0.4, -0.2) is 18.2 Å². The zero-order chi connectivity index (χ0) is 15.9. The summed E-state index contributed by atoms with van der Waals surface area (Å²) in [6, 6.07) is 9.00. The number of nitrogens with zero attached hydrogens (tertiary/aromatic N) is 1. The van der Waals surface area contributed by atoms with Crippen LogP contribution in [0, 0.1) is 25.2 Å². The van der Waals surface area contributed by atoms with Gasteiger partial charge < -0.3 is 4.74 Å². The summed E-state index contributed by atoms with van der Waals surface area (Å²) in [7, 11) is 0. The van der Waals surface area contributed by atoms with Crippen molar-refractivity contribution in [2.45, 2.75) is 65.5 Å². The van der Waals surface area contributed by atoms with Crippen molar-refractivity contribution in [1.29, 1.82) is 5.26 Å². The van der Waals surface area contributed by atoms with Crippen LogP contribution in [0.25, 0.3) is 0 Å². The Kier molecular flexibility index (Phi) is 6.71. The highest BCUT2D eigenvalue weighted by molar-refractivity contribution is 5.32. The number of nitrogens with one attached hydrogen (secondary N) is 1. The minimum absolute atomic E-state index is 0.310. The Morgan fingerprint density at radius 1 is 1.24 bits per heavy atom. The van der Waals surface area contributed by atoms with Gasteiger partial charge in [0, 0.05) is 6.04 Å². The maximum absolute atomic E-state index is 9.46. The highest BCUT2D eigenvalue weighted by Crippen LogP contribution is 2.20. The zero-order valence-electron chi connectivity index (χ0n) is 14.0. The van der Waals surface area contributed by atoms with Crippen molar-refractivity contribution in [3.8, 4) is 11.8 Å². The van der Waals surface area contributed by atoms with E-state index in [0.29, 0.717) is 12.6 Å². The molecule has 0 heterocycles. The van der Waals surface area contributed by atoms with E-state index in [0.717, 1.165) is 25.0 Å². The number of rotatable bonds is 8. The van der Waals surface area contributed by atoms with Crippen molar-refractivity contribution in [3.05, 3.63) is 29.3 Å². The van der Waals surface area contributed by atoms with Gasteiger partial charge in [-0.05, 0) is 70.2 Å². The summed E-state index contributed by atoms with van der Waals surface area (Å²) in [5.74, 6) is 0.920. The molecule has 0 bridgehead atoms. The van der Waals surface area contributed by atoms with Gasteiger partial charge in [0.15, 0.2) is 0 Å². The topological polar surface area (TPSA) is 45.0 Å². The summed E-state index contributed by atoms with van der Waals surface area (Å²) in [5.41, 5.74) is 2.00. The highest BCUT2D eigenvalue weighted by atomic mass is 16.5. The Balaban J connectivity index is 2.50. The molecule has 1 N–H and O–H groups in total. The molecule has 0 saturated carbocycles. The van der Waals surface area contributed by atoms with Gasteiger partial charge in [-0.15, -0.1) is 0 Å². The fourth-order valence-electron chi connectivity index (χ4n) is 2.65. The second-order valence-electron chi connectivity index (χ2n) is 6.12. The second kappa shape index (κ2) is 8.05. The number of ether oxygens (including phenoxy) is 1. The van der Waals surface area contributed by atoms with Crippen molar-refractivity contribution in [2.75, 3.05) is 6.61 Å². The maximum Gasteiger partial charge on any atom is 0.119 e. The van der Waals surface area contributed by atoms with Crippen LogP contribution in [-0.2, 0) is 0 Å². The molecule has 0 spiro atoms. The molecule has 21 heavy (non-hydrogen) atoms. The summed E-state index contributed by atoms with van der Waals surface area (Å²) in [6.07, 6.45) is 2.49. The van der Waals surface area contributed by atoms with Gasteiger partial charge in [-0.3, -0.25) is 5.32 Å². The van der Waals surface area contributed by atoms with Crippen LogP contribution in [0.1, 0.15) is 51.2 Å². The molecule has 0 amide bonds. The summed E-state index contributed by atoms with van der Waals surface area (Å²) in [4.78, 5) is 0. The van der Waals surface area contributed by atoms with Gasteiger partial charge in [0.25, 0.3) is 0 Å². The molecule has 3 nitrogen and oxygen atoms in total. The van der Waals surface area contributed by atoms with E-state index < -0.39 is 5.54 Å². The van der Waals surface area contributed by atoms with Gasteiger partial charge in [-0.2, -0.15) is 5.26 Å². The van der Waals surface area contributed by atoms with Gasteiger partial charge in [0.2, 0.25) is 0 Å². The number of nitriles is 1. The fraction of sp³-hybridized carbons (Fsp3) is 0.611. The largest absolute Gasteiger partial charge is 0.494 e. The van der Waals surface area contributed by atoms with Crippen LogP contribution in [0.4, 0.5) is 0 Å². The van der Waals surface area contributed by atoms with E-state index in [1.165, 1.54) is 11.1 Å². The molecule has 0 fully saturated rings. The van der Waals surface area contributed by atoms with Crippen molar-refractivity contribution in [1.82, 2.24) is 5.32 Å². The molecule has 3 heteroatoms. The fourth-order valence-corrected chi connectivity index (χ4v) is 2.65. The van der Waals surface area contributed by atoms with E-state index in [9.17, 15) is 5.26 Å². The van der Waals surface area contributed by atoms with Crippen molar-refractivity contribution >= 4 is 0 Å². The monoisotopic (exact) mass is 288 g/mol. The molecule has 1 aromatic rings. The third kappa shape index (κ3) is 5.77. The lowest BCUT2D eigenvalue weighted by atomic mass is 9.91. The normalized spacial score (nSPS) is 13.8. The third-order valence-electron chi connectivity index (χ3n) is 3.59. The van der Waals surface area contributed by atoms with E-state index >= 15 is 0 Å². The molecule has 1 unspecified atom stereocenters. The number of hydrogen-bond donors (Lipinski definition) is 1. The first kappa shape index (κ1) is 17.5. The predicted molar refractivity (Wildman–Crippen MR) is 87.6 cm³/mol. The number of hydrogen-bond acceptors (Lipinski definition) is 3. The number of aryl methyl sites for hydroxylation is 2. The van der Waals surface area contributed by atoms with Crippen LogP contribution in [0.2, 0.25) is 0 Å². The van der Waals surface area contributed by atoms with Gasteiger partial charge in [0.05, 0.1) is 12.7 Å². The summed E-state index contributed by atoms with van der Waals surface area (Å²) in [5, 5.41) is 12.9. The van der Waals surface area contributed by atoms with Crippen LogP contribution in [0.3, 0.4) is 0 Å².